The third kappa shape index (κ3) is 5.48. The molecule has 0 aliphatic carbocycles. The zero-order chi connectivity index (χ0) is 12.5. The number of carbonyl (C=O) groups is 1. The lowest BCUT2D eigenvalue weighted by molar-refractivity contribution is -0.141. The minimum Gasteiger partial charge on any atom is -0.469 e. The van der Waals surface area contributed by atoms with Gasteiger partial charge in [-0.1, -0.05) is 0 Å². The first-order valence-electron chi connectivity index (χ1n) is 6.27. The van der Waals surface area contributed by atoms with Gasteiger partial charge < -0.3 is 14.6 Å². The van der Waals surface area contributed by atoms with Crippen LogP contribution >= 0.6 is 0 Å². The second-order valence-corrected chi connectivity index (χ2v) is 4.31. The molecule has 1 fully saturated rings. The summed E-state index contributed by atoms with van der Waals surface area (Å²) in [5.74, 6) is -0.232. The molecule has 1 rings (SSSR count). The van der Waals surface area contributed by atoms with Crippen molar-refractivity contribution in [1.82, 2.24) is 4.90 Å². The van der Waals surface area contributed by atoms with Gasteiger partial charge in [-0.15, -0.1) is 0 Å². The Kier molecular flexibility index (Phi) is 7.16. The summed E-state index contributed by atoms with van der Waals surface area (Å²) in [4.78, 5) is 13.1. The van der Waals surface area contributed by atoms with Crippen LogP contribution in [0.1, 0.15) is 25.7 Å². The Balaban J connectivity index is 1.95. The highest BCUT2D eigenvalue weighted by molar-refractivity contribution is 5.69. The van der Waals surface area contributed by atoms with Crippen LogP contribution in [0.5, 0.6) is 0 Å². The van der Waals surface area contributed by atoms with E-state index in [2.05, 4.69) is 9.64 Å². The van der Waals surface area contributed by atoms with Gasteiger partial charge in [0.05, 0.1) is 26.7 Å². The molecule has 1 saturated heterocycles. The van der Waals surface area contributed by atoms with Gasteiger partial charge in [-0.3, -0.25) is 9.69 Å². The molecule has 0 aromatic rings. The second-order valence-electron chi connectivity index (χ2n) is 4.31. The van der Waals surface area contributed by atoms with Crippen molar-refractivity contribution in [1.29, 1.82) is 0 Å². The van der Waals surface area contributed by atoms with Gasteiger partial charge in [-0.25, -0.2) is 0 Å². The Morgan fingerprint density at radius 2 is 2.29 bits per heavy atom. The standard InChI is InChI=1S/C12H23NO4/c1-16-12(15)5-9-17-8-3-7-13-6-2-4-11(13)10-14/h11,14H,2-10H2,1H3/t11-/m0/s1. The van der Waals surface area contributed by atoms with Crippen LogP contribution in [-0.4, -0.2) is 62.0 Å². The number of aliphatic hydroxyl groups is 1. The Hall–Kier alpha value is -0.650. The van der Waals surface area contributed by atoms with E-state index in [0.29, 0.717) is 25.7 Å². The third-order valence-electron chi connectivity index (χ3n) is 3.12. The number of hydrogen-bond donors (Lipinski definition) is 1. The molecule has 5 nitrogen and oxygen atoms in total. The van der Waals surface area contributed by atoms with Crippen molar-refractivity contribution in [3.05, 3.63) is 0 Å². The summed E-state index contributed by atoms with van der Waals surface area (Å²) in [5, 5.41) is 9.14. The summed E-state index contributed by atoms with van der Waals surface area (Å²) >= 11 is 0. The van der Waals surface area contributed by atoms with E-state index in [1.807, 2.05) is 0 Å². The van der Waals surface area contributed by atoms with E-state index in [1.165, 1.54) is 13.5 Å². The van der Waals surface area contributed by atoms with E-state index in [0.717, 1.165) is 25.9 Å². The number of likely N-dealkylation sites (tertiary alicyclic amines) is 1. The Morgan fingerprint density at radius 1 is 1.47 bits per heavy atom. The van der Waals surface area contributed by atoms with Crippen LogP contribution in [0.15, 0.2) is 0 Å². The van der Waals surface area contributed by atoms with Crippen LogP contribution in [-0.2, 0) is 14.3 Å². The smallest absolute Gasteiger partial charge is 0.307 e. The SMILES string of the molecule is COC(=O)CCOCCCN1CCC[C@H]1CO. The fourth-order valence-corrected chi connectivity index (χ4v) is 2.13. The van der Waals surface area contributed by atoms with Crippen molar-refractivity contribution in [3.63, 3.8) is 0 Å². The highest BCUT2D eigenvalue weighted by Gasteiger charge is 2.22. The number of nitrogens with zero attached hydrogens (tertiary/aromatic N) is 1. The molecule has 0 aromatic carbocycles. The van der Waals surface area contributed by atoms with Crippen LogP contribution in [0.2, 0.25) is 0 Å². The van der Waals surface area contributed by atoms with E-state index in [1.54, 1.807) is 0 Å². The van der Waals surface area contributed by atoms with Gasteiger partial charge in [0, 0.05) is 19.2 Å². The van der Waals surface area contributed by atoms with E-state index in [4.69, 9.17) is 9.84 Å². The molecule has 1 heterocycles. The number of rotatable bonds is 8. The van der Waals surface area contributed by atoms with Gasteiger partial charge in [-0.05, 0) is 25.8 Å². The van der Waals surface area contributed by atoms with Crippen LogP contribution in [0, 0.1) is 0 Å². The first-order valence-corrected chi connectivity index (χ1v) is 6.27. The lowest BCUT2D eigenvalue weighted by Crippen LogP contribution is -2.33. The number of hydrogen-bond acceptors (Lipinski definition) is 5. The maximum Gasteiger partial charge on any atom is 0.307 e. The first-order chi connectivity index (χ1) is 8.27. The Morgan fingerprint density at radius 3 is 3.00 bits per heavy atom. The Labute approximate surface area is 103 Å². The first kappa shape index (κ1) is 14.4. The molecule has 0 spiro atoms. The predicted molar refractivity (Wildman–Crippen MR) is 63.7 cm³/mol. The summed E-state index contributed by atoms with van der Waals surface area (Å²) in [6, 6.07) is 0.338. The van der Waals surface area contributed by atoms with Crippen LogP contribution in [0.4, 0.5) is 0 Å². The van der Waals surface area contributed by atoms with Gasteiger partial charge >= 0.3 is 5.97 Å². The van der Waals surface area contributed by atoms with Crippen molar-refractivity contribution in [3.8, 4) is 0 Å². The molecule has 1 N–H and O–H groups in total. The lowest BCUT2D eigenvalue weighted by atomic mass is 10.2. The number of ether oxygens (including phenoxy) is 2. The van der Waals surface area contributed by atoms with Crippen molar-refractivity contribution in [2.75, 3.05) is 40.0 Å². The zero-order valence-electron chi connectivity index (χ0n) is 10.6. The normalized spacial score (nSPS) is 20.7. The van der Waals surface area contributed by atoms with Crippen LogP contribution in [0.3, 0.4) is 0 Å². The van der Waals surface area contributed by atoms with Gasteiger partial charge in [0.2, 0.25) is 0 Å². The van der Waals surface area contributed by atoms with E-state index in [9.17, 15) is 4.79 Å². The maximum atomic E-state index is 10.8. The monoisotopic (exact) mass is 245 g/mol. The largest absolute Gasteiger partial charge is 0.469 e. The molecule has 0 saturated carbocycles. The van der Waals surface area contributed by atoms with E-state index >= 15 is 0 Å². The van der Waals surface area contributed by atoms with E-state index in [-0.39, 0.29) is 12.6 Å². The molecule has 0 aromatic heterocycles. The average Bonchev–Trinajstić information content (AvgIpc) is 2.80. The van der Waals surface area contributed by atoms with Crippen LogP contribution in [0.25, 0.3) is 0 Å². The topological polar surface area (TPSA) is 59.0 Å². The van der Waals surface area contributed by atoms with Crippen molar-refractivity contribution in [2.45, 2.75) is 31.7 Å². The van der Waals surface area contributed by atoms with Crippen molar-refractivity contribution < 1.29 is 19.4 Å². The van der Waals surface area contributed by atoms with Gasteiger partial charge in [-0.2, -0.15) is 0 Å². The summed E-state index contributed by atoms with van der Waals surface area (Å²) in [6.07, 6.45) is 3.53. The number of methoxy groups -OCH3 is 1. The van der Waals surface area contributed by atoms with E-state index < -0.39 is 0 Å². The molecular weight excluding hydrogens is 222 g/mol. The molecule has 1 aliphatic heterocycles. The molecule has 5 heteroatoms. The van der Waals surface area contributed by atoms with Crippen molar-refractivity contribution >= 4 is 5.97 Å². The summed E-state index contributed by atoms with van der Waals surface area (Å²) < 4.78 is 9.86. The molecule has 1 aliphatic rings. The quantitative estimate of drug-likeness (QED) is 0.496. The minimum absolute atomic E-state index is 0.232. The van der Waals surface area contributed by atoms with Gasteiger partial charge in [0.1, 0.15) is 0 Å². The second kappa shape index (κ2) is 8.44. The lowest BCUT2D eigenvalue weighted by Gasteiger charge is -2.22. The van der Waals surface area contributed by atoms with Crippen LogP contribution < -0.4 is 0 Å². The molecule has 0 unspecified atom stereocenters. The van der Waals surface area contributed by atoms with Crippen molar-refractivity contribution in [2.24, 2.45) is 0 Å². The summed E-state index contributed by atoms with van der Waals surface area (Å²) in [7, 11) is 1.38. The number of carbonyl (C=O) groups excluding carboxylic acids is 1. The molecule has 0 amide bonds. The number of aliphatic hydroxyl groups excluding tert-OH is 1. The average molecular weight is 245 g/mol. The highest BCUT2D eigenvalue weighted by atomic mass is 16.5. The minimum atomic E-state index is -0.232. The molecule has 0 radical (unpaired) electrons. The predicted octanol–water partition coefficient (Wildman–Crippen LogP) is 0.413. The maximum absolute atomic E-state index is 10.8. The molecule has 1 atom stereocenters. The zero-order valence-corrected chi connectivity index (χ0v) is 10.6. The fourth-order valence-electron chi connectivity index (χ4n) is 2.13. The van der Waals surface area contributed by atoms with Gasteiger partial charge in [0.15, 0.2) is 0 Å². The summed E-state index contributed by atoms with van der Waals surface area (Å²) in [5.41, 5.74) is 0. The summed E-state index contributed by atoms with van der Waals surface area (Å²) in [6.45, 7) is 3.38. The number of esters is 1. The highest BCUT2D eigenvalue weighted by Crippen LogP contribution is 2.16. The molecule has 17 heavy (non-hydrogen) atoms. The molecular formula is C12H23NO4. The molecule has 100 valence electrons. The van der Waals surface area contributed by atoms with Gasteiger partial charge in [0.25, 0.3) is 0 Å². The third-order valence-corrected chi connectivity index (χ3v) is 3.12. The Bertz CT molecular complexity index is 223. The fraction of sp³-hybridized carbons (Fsp3) is 0.917. The molecule has 0 bridgehead atoms.